The summed E-state index contributed by atoms with van der Waals surface area (Å²) < 4.78 is 5.04. The Bertz CT molecular complexity index is 370. The van der Waals surface area contributed by atoms with Gasteiger partial charge in [0.1, 0.15) is 5.60 Å². The molecule has 2 rings (SSSR count). The lowest BCUT2D eigenvalue weighted by Gasteiger charge is -2.37. The van der Waals surface area contributed by atoms with Crippen molar-refractivity contribution in [3.63, 3.8) is 0 Å². The van der Waals surface area contributed by atoms with Crippen molar-refractivity contribution in [2.75, 3.05) is 13.2 Å². The quantitative estimate of drug-likeness (QED) is 0.840. The van der Waals surface area contributed by atoms with Crippen LogP contribution < -0.4 is 0 Å². The molecule has 1 N–H and O–H groups in total. The molecule has 3 heteroatoms. The van der Waals surface area contributed by atoms with Crippen LogP contribution in [0.25, 0.3) is 0 Å². The van der Waals surface area contributed by atoms with E-state index >= 15 is 0 Å². The number of hydrogen-bond acceptors (Lipinski definition) is 2. The molecule has 1 aliphatic rings. The monoisotopic (exact) mass is 226 g/mol. The Labute approximate surface area is 94.8 Å². The Morgan fingerprint density at radius 2 is 2.07 bits per heavy atom. The summed E-state index contributed by atoms with van der Waals surface area (Å²) in [7, 11) is 0. The maximum Gasteiger partial charge on any atom is 0.136 e. The lowest BCUT2D eigenvalue weighted by molar-refractivity contribution is -0.184. The third kappa shape index (κ3) is 1.89. The summed E-state index contributed by atoms with van der Waals surface area (Å²) >= 11 is 6.09. The van der Waals surface area contributed by atoms with Gasteiger partial charge in [-0.15, -0.1) is 0 Å². The minimum Gasteiger partial charge on any atom is -0.380 e. The van der Waals surface area contributed by atoms with Crippen LogP contribution >= 0.6 is 11.6 Å². The molecule has 1 aliphatic heterocycles. The predicted molar refractivity (Wildman–Crippen MR) is 60.3 cm³/mol. The summed E-state index contributed by atoms with van der Waals surface area (Å²) in [4.78, 5) is 0. The third-order valence-corrected chi connectivity index (χ3v) is 3.18. The molecule has 1 heterocycles. The molecule has 0 aromatic heterocycles. The van der Waals surface area contributed by atoms with E-state index in [0.717, 1.165) is 16.1 Å². The van der Waals surface area contributed by atoms with Crippen molar-refractivity contribution in [2.45, 2.75) is 25.4 Å². The fourth-order valence-corrected chi connectivity index (χ4v) is 2.07. The Balaban J connectivity index is 2.38. The Hall–Kier alpha value is -0.570. The summed E-state index contributed by atoms with van der Waals surface area (Å²) in [5.41, 5.74) is 1.19. The normalized spacial score (nSPS) is 19.0. The van der Waals surface area contributed by atoms with Gasteiger partial charge in [-0.1, -0.05) is 37.6 Å². The van der Waals surface area contributed by atoms with Gasteiger partial charge >= 0.3 is 0 Å². The number of rotatable bonds is 2. The summed E-state index contributed by atoms with van der Waals surface area (Å²) in [6.07, 6.45) is 0. The number of ether oxygens (including phenoxy) is 1. The number of halogens is 1. The molecule has 0 saturated carbocycles. The van der Waals surface area contributed by atoms with Gasteiger partial charge < -0.3 is 9.84 Å². The van der Waals surface area contributed by atoms with E-state index in [1.165, 1.54) is 0 Å². The fourth-order valence-electron chi connectivity index (χ4n) is 1.74. The summed E-state index contributed by atoms with van der Waals surface area (Å²) in [5.74, 6) is 0.363. The van der Waals surface area contributed by atoms with Crippen LogP contribution in [0.3, 0.4) is 0 Å². The molecule has 1 aromatic rings. The van der Waals surface area contributed by atoms with E-state index in [1.807, 2.05) is 18.2 Å². The van der Waals surface area contributed by atoms with Crippen LogP contribution in [0.5, 0.6) is 0 Å². The lowest BCUT2D eigenvalue weighted by atomic mass is 9.89. The van der Waals surface area contributed by atoms with E-state index in [2.05, 4.69) is 13.8 Å². The van der Waals surface area contributed by atoms with Gasteiger partial charge in [-0.2, -0.15) is 0 Å². The molecule has 0 amide bonds. The van der Waals surface area contributed by atoms with Gasteiger partial charge in [0.15, 0.2) is 0 Å². The summed E-state index contributed by atoms with van der Waals surface area (Å²) in [6.45, 7) is 4.94. The molecule has 82 valence electrons. The molecule has 0 atom stereocenters. The van der Waals surface area contributed by atoms with Gasteiger partial charge in [0.05, 0.1) is 13.2 Å². The van der Waals surface area contributed by atoms with Crippen molar-refractivity contribution >= 4 is 11.6 Å². The van der Waals surface area contributed by atoms with Gasteiger partial charge in [0.2, 0.25) is 0 Å². The molecule has 2 nitrogen and oxygen atoms in total. The van der Waals surface area contributed by atoms with Crippen molar-refractivity contribution in [1.82, 2.24) is 0 Å². The second kappa shape index (κ2) is 3.78. The van der Waals surface area contributed by atoms with E-state index in [-0.39, 0.29) is 0 Å². The second-order valence-corrected chi connectivity index (χ2v) is 4.82. The second-order valence-electron chi connectivity index (χ2n) is 4.42. The van der Waals surface area contributed by atoms with Gasteiger partial charge in [-0.3, -0.25) is 0 Å². The highest BCUT2D eigenvalue weighted by Crippen LogP contribution is 2.33. The van der Waals surface area contributed by atoms with Crippen molar-refractivity contribution in [3.8, 4) is 0 Å². The van der Waals surface area contributed by atoms with E-state index in [1.54, 1.807) is 0 Å². The average molecular weight is 227 g/mol. The average Bonchev–Trinajstić information content (AvgIpc) is 2.14. The van der Waals surface area contributed by atoms with Gasteiger partial charge in [0.25, 0.3) is 0 Å². The lowest BCUT2D eigenvalue weighted by Crippen LogP contribution is -2.46. The van der Waals surface area contributed by atoms with Gasteiger partial charge in [-0.05, 0) is 23.1 Å². The molecule has 0 unspecified atom stereocenters. The zero-order valence-electron chi connectivity index (χ0n) is 8.96. The molecule has 1 saturated heterocycles. The zero-order chi connectivity index (χ0) is 11.1. The first-order chi connectivity index (χ1) is 7.03. The van der Waals surface area contributed by atoms with Crippen LogP contribution in [0.2, 0.25) is 5.02 Å². The smallest absolute Gasteiger partial charge is 0.136 e. The first-order valence-corrected chi connectivity index (χ1v) is 5.51. The molecule has 0 aliphatic carbocycles. The highest BCUT2D eigenvalue weighted by atomic mass is 35.5. The van der Waals surface area contributed by atoms with E-state index in [4.69, 9.17) is 16.3 Å². The van der Waals surface area contributed by atoms with Crippen molar-refractivity contribution in [2.24, 2.45) is 0 Å². The molecule has 15 heavy (non-hydrogen) atoms. The SMILES string of the molecule is CC(C)c1cc(C2(O)COC2)ccc1Cl. The van der Waals surface area contributed by atoms with Crippen molar-refractivity contribution in [3.05, 3.63) is 34.3 Å². The molecular formula is C12H15ClO2. The minimum absolute atomic E-state index is 0.363. The zero-order valence-corrected chi connectivity index (χ0v) is 9.71. The standard InChI is InChI=1S/C12H15ClO2/c1-8(2)10-5-9(3-4-11(10)13)12(14)6-15-7-12/h3-5,8,14H,6-7H2,1-2H3. The topological polar surface area (TPSA) is 29.5 Å². The molecular weight excluding hydrogens is 212 g/mol. The largest absolute Gasteiger partial charge is 0.380 e. The molecule has 1 aromatic carbocycles. The minimum atomic E-state index is -0.797. The summed E-state index contributed by atoms with van der Waals surface area (Å²) in [6, 6.07) is 5.70. The molecule has 0 spiro atoms. The van der Waals surface area contributed by atoms with Gasteiger partial charge in [-0.25, -0.2) is 0 Å². The maximum absolute atomic E-state index is 10.1. The van der Waals surface area contributed by atoms with E-state index in [0.29, 0.717) is 19.1 Å². The molecule has 0 radical (unpaired) electrons. The highest BCUT2D eigenvalue weighted by molar-refractivity contribution is 6.31. The van der Waals surface area contributed by atoms with Crippen molar-refractivity contribution in [1.29, 1.82) is 0 Å². The van der Waals surface area contributed by atoms with Gasteiger partial charge in [0, 0.05) is 5.02 Å². The van der Waals surface area contributed by atoms with E-state index in [9.17, 15) is 5.11 Å². The van der Waals surface area contributed by atoms with Crippen LogP contribution in [0, 0.1) is 0 Å². The summed E-state index contributed by atoms with van der Waals surface area (Å²) in [5, 5.41) is 10.9. The van der Waals surface area contributed by atoms with Crippen LogP contribution in [-0.2, 0) is 10.3 Å². The maximum atomic E-state index is 10.1. The molecule has 1 fully saturated rings. The van der Waals surface area contributed by atoms with Crippen LogP contribution in [0.15, 0.2) is 18.2 Å². The van der Waals surface area contributed by atoms with Crippen LogP contribution in [-0.4, -0.2) is 18.3 Å². The number of aliphatic hydroxyl groups is 1. The fraction of sp³-hybridized carbons (Fsp3) is 0.500. The van der Waals surface area contributed by atoms with E-state index < -0.39 is 5.60 Å². The predicted octanol–water partition coefficient (Wildman–Crippen LogP) is 2.68. The highest BCUT2D eigenvalue weighted by Gasteiger charge is 2.38. The Morgan fingerprint density at radius 1 is 1.40 bits per heavy atom. The number of hydrogen-bond donors (Lipinski definition) is 1. The molecule has 0 bridgehead atoms. The van der Waals surface area contributed by atoms with Crippen LogP contribution in [0.4, 0.5) is 0 Å². The first-order valence-electron chi connectivity index (χ1n) is 5.13. The third-order valence-electron chi connectivity index (χ3n) is 2.84. The Kier molecular flexibility index (Phi) is 2.75. The Morgan fingerprint density at radius 3 is 2.53 bits per heavy atom. The van der Waals surface area contributed by atoms with Crippen molar-refractivity contribution < 1.29 is 9.84 Å². The van der Waals surface area contributed by atoms with Crippen LogP contribution in [0.1, 0.15) is 30.9 Å². The first kappa shape index (κ1) is 10.9. The number of benzene rings is 1.